The molecule has 21 heavy (non-hydrogen) atoms. The summed E-state index contributed by atoms with van der Waals surface area (Å²) in [6, 6.07) is 5.12. The van der Waals surface area contributed by atoms with Gasteiger partial charge in [-0.2, -0.15) is 0 Å². The average molecular weight is 295 g/mol. The van der Waals surface area contributed by atoms with Gasteiger partial charge in [0.05, 0.1) is 11.5 Å². The Kier molecular flexibility index (Phi) is 7.53. The van der Waals surface area contributed by atoms with Crippen molar-refractivity contribution >= 4 is 11.4 Å². The molecule has 0 saturated heterocycles. The Labute approximate surface area is 126 Å². The average Bonchev–Trinajstić information content (AvgIpc) is 2.47. The molecule has 6 nitrogen and oxygen atoms in total. The number of para-hydroxylation sites is 1. The van der Waals surface area contributed by atoms with Crippen molar-refractivity contribution in [2.45, 2.75) is 27.2 Å². The molecular weight excluding hydrogens is 270 g/mol. The van der Waals surface area contributed by atoms with Crippen molar-refractivity contribution in [1.29, 1.82) is 0 Å². The van der Waals surface area contributed by atoms with Gasteiger partial charge in [0.15, 0.2) is 5.75 Å². The van der Waals surface area contributed by atoms with Gasteiger partial charge in [-0.1, -0.05) is 19.9 Å². The van der Waals surface area contributed by atoms with Crippen LogP contribution in [0.15, 0.2) is 18.2 Å². The highest BCUT2D eigenvalue weighted by atomic mass is 16.6. The van der Waals surface area contributed by atoms with Crippen LogP contribution in [0.5, 0.6) is 5.75 Å². The van der Waals surface area contributed by atoms with Crippen LogP contribution in [-0.2, 0) is 0 Å². The third-order valence-electron chi connectivity index (χ3n) is 3.34. The molecule has 0 fully saturated rings. The van der Waals surface area contributed by atoms with Gasteiger partial charge >= 0.3 is 5.69 Å². The summed E-state index contributed by atoms with van der Waals surface area (Å²) in [7, 11) is 0. The lowest BCUT2D eigenvalue weighted by Crippen LogP contribution is -2.25. The van der Waals surface area contributed by atoms with Gasteiger partial charge in [-0.25, -0.2) is 0 Å². The topological polar surface area (TPSA) is 67.6 Å². The van der Waals surface area contributed by atoms with Crippen LogP contribution in [0, 0.1) is 10.1 Å². The van der Waals surface area contributed by atoms with Gasteiger partial charge in [0.25, 0.3) is 0 Å². The van der Waals surface area contributed by atoms with Crippen LogP contribution in [0.1, 0.15) is 27.2 Å². The second-order valence-electron chi connectivity index (χ2n) is 4.65. The molecule has 6 heteroatoms. The zero-order valence-electron chi connectivity index (χ0n) is 13.1. The number of hydrogen-bond donors (Lipinski definition) is 1. The minimum Gasteiger partial charge on any atom is -0.487 e. The van der Waals surface area contributed by atoms with E-state index >= 15 is 0 Å². The molecule has 1 N–H and O–H groups in total. The molecule has 0 saturated carbocycles. The smallest absolute Gasteiger partial charge is 0.333 e. The van der Waals surface area contributed by atoms with Crippen LogP contribution >= 0.6 is 0 Å². The number of nitro groups is 1. The highest BCUT2D eigenvalue weighted by Gasteiger charge is 2.20. The van der Waals surface area contributed by atoms with E-state index in [1.165, 1.54) is 0 Å². The molecule has 1 rings (SSSR count). The number of hydrogen-bond acceptors (Lipinski definition) is 5. The highest BCUT2D eigenvalue weighted by molar-refractivity contribution is 5.68. The van der Waals surface area contributed by atoms with E-state index in [0.717, 1.165) is 26.1 Å². The Balaban J connectivity index is 2.66. The maximum Gasteiger partial charge on any atom is 0.333 e. The van der Waals surface area contributed by atoms with Crippen LogP contribution < -0.4 is 10.1 Å². The van der Waals surface area contributed by atoms with Crippen LogP contribution in [-0.4, -0.2) is 42.6 Å². The Morgan fingerprint density at radius 1 is 1.29 bits per heavy atom. The van der Waals surface area contributed by atoms with Gasteiger partial charge in [0.1, 0.15) is 5.69 Å². The number of nitrogens with zero attached hydrogens (tertiary/aromatic N) is 2. The van der Waals surface area contributed by atoms with Gasteiger partial charge in [-0.3, -0.25) is 10.1 Å². The molecule has 0 unspecified atom stereocenters. The first-order valence-electron chi connectivity index (χ1n) is 7.50. The normalized spacial score (nSPS) is 10.7. The first kappa shape index (κ1) is 17.2. The third-order valence-corrected chi connectivity index (χ3v) is 3.34. The lowest BCUT2D eigenvalue weighted by molar-refractivity contribution is -0.384. The summed E-state index contributed by atoms with van der Waals surface area (Å²) in [5, 5.41) is 14.4. The highest BCUT2D eigenvalue weighted by Crippen LogP contribution is 2.34. The van der Waals surface area contributed by atoms with Gasteiger partial charge in [-0.05, 0) is 45.1 Å². The standard InChI is InChI=1S/C15H25N3O3/c1-4-17(5-2)12-8-11-16-13-9-7-10-14(21-6-3)15(13)18(19)20/h7,9-10,16H,4-6,8,11-12H2,1-3H3. The molecule has 0 radical (unpaired) electrons. The minimum absolute atomic E-state index is 0.0159. The molecule has 118 valence electrons. The first-order chi connectivity index (χ1) is 10.1. The van der Waals surface area contributed by atoms with Gasteiger partial charge < -0.3 is 15.0 Å². The SMILES string of the molecule is CCOc1cccc(NCCCN(CC)CC)c1[N+](=O)[O-]. The van der Waals surface area contributed by atoms with Gasteiger partial charge in [-0.15, -0.1) is 0 Å². The van der Waals surface area contributed by atoms with Crippen molar-refractivity contribution in [2.75, 3.05) is 38.1 Å². The molecule has 0 heterocycles. The number of benzene rings is 1. The Morgan fingerprint density at radius 2 is 2.00 bits per heavy atom. The van der Waals surface area contributed by atoms with E-state index in [1.54, 1.807) is 18.2 Å². The molecular formula is C15H25N3O3. The fourth-order valence-electron chi connectivity index (χ4n) is 2.19. The lowest BCUT2D eigenvalue weighted by Gasteiger charge is -2.18. The molecule has 0 spiro atoms. The minimum atomic E-state index is -0.391. The molecule has 0 aliphatic carbocycles. The van der Waals surface area contributed by atoms with Crippen LogP contribution in [0.25, 0.3) is 0 Å². The molecule has 0 atom stereocenters. The molecule has 1 aromatic rings. The zero-order chi connectivity index (χ0) is 15.7. The van der Waals surface area contributed by atoms with Crippen molar-refractivity contribution in [2.24, 2.45) is 0 Å². The predicted molar refractivity (Wildman–Crippen MR) is 85.2 cm³/mol. The summed E-state index contributed by atoms with van der Waals surface area (Å²) in [6.45, 7) is 10.2. The summed E-state index contributed by atoms with van der Waals surface area (Å²) in [6.07, 6.45) is 0.942. The zero-order valence-corrected chi connectivity index (χ0v) is 13.1. The molecule has 0 aliphatic heterocycles. The van der Waals surface area contributed by atoms with E-state index in [1.807, 2.05) is 6.92 Å². The summed E-state index contributed by atoms with van der Waals surface area (Å²) < 4.78 is 5.33. The van der Waals surface area contributed by atoms with E-state index < -0.39 is 4.92 Å². The molecule has 0 aromatic heterocycles. The van der Waals surface area contributed by atoms with Crippen LogP contribution in [0.4, 0.5) is 11.4 Å². The molecule has 0 amide bonds. The Bertz CT molecular complexity index is 448. The lowest BCUT2D eigenvalue weighted by atomic mass is 10.2. The van der Waals surface area contributed by atoms with Crippen molar-refractivity contribution in [3.8, 4) is 5.75 Å². The summed E-state index contributed by atoms with van der Waals surface area (Å²) in [4.78, 5) is 13.2. The summed E-state index contributed by atoms with van der Waals surface area (Å²) in [5.41, 5.74) is 0.535. The van der Waals surface area contributed by atoms with E-state index in [-0.39, 0.29) is 5.69 Å². The fourth-order valence-corrected chi connectivity index (χ4v) is 2.19. The van der Waals surface area contributed by atoms with Crippen LogP contribution in [0.2, 0.25) is 0 Å². The van der Waals surface area contributed by atoms with Crippen LogP contribution in [0.3, 0.4) is 0 Å². The maximum absolute atomic E-state index is 11.2. The number of ether oxygens (including phenoxy) is 1. The quantitative estimate of drug-likeness (QED) is 0.408. The van der Waals surface area contributed by atoms with Crippen molar-refractivity contribution in [3.63, 3.8) is 0 Å². The number of anilines is 1. The molecule has 0 aliphatic rings. The summed E-state index contributed by atoms with van der Waals surface area (Å²) >= 11 is 0. The number of nitrogens with one attached hydrogen (secondary N) is 1. The van der Waals surface area contributed by atoms with Gasteiger partial charge in [0, 0.05) is 6.54 Å². The van der Waals surface area contributed by atoms with Crippen molar-refractivity contribution < 1.29 is 9.66 Å². The first-order valence-corrected chi connectivity index (χ1v) is 7.50. The Hall–Kier alpha value is -1.82. The summed E-state index contributed by atoms with van der Waals surface area (Å²) in [5.74, 6) is 0.316. The number of nitro benzene ring substituents is 1. The second kappa shape index (κ2) is 9.18. The van der Waals surface area contributed by atoms with E-state index in [0.29, 0.717) is 24.6 Å². The second-order valence-corrected chi connectivity index (χ2v) is 4.65. The van der Waals surface area contributed by atoms with Gasteiger partial charge in [0.2, 0.25) is 0 Å². The van der Waals surface area contributed by atoms with Crippen molar-refractivity contribution in [3.05, 3.63) is 28.3 Å². The van der Waals surface area contributed by atoms with E-state index in [4.69, 9.17) is 4.74 Å². The van der Waals surface area contributed by atoms with E-state index in [9.17, 15) is 10.1 Å². The largest absolute Gasteiger partial charge is 0.487 e. The fraction of sp³-hybridized carbons (Fsp3) is 0.600. The monoisotopic (exact) mass is 295 g/mol. The molecule has 0 bridgehead atoms. The molecule has 1 aromatic carbocycles. The maximum atomic E-state index is 11.2. The third kappa shape index (κ3) is 5.23. The number of rotatable bonds is 10. The van der Waals surface area contributed by atoms with E-state index in [2.05, 4.69) is 24.1 Å². The predicted octanol–water partition coefficient (Wildman–Crippen LogP) is 3.14. The Morgan fingerprint density at radius 3 is 2.57 bits per heavy atom. The van der Waals surface area contributed by atoms with Crippen molar-refractivity contribution in [1.82, 2.24) is 4.90 Å².